The lowest BCUT2D eigenvalue weighted by Crippen LogP contribution is -2.25. The van der Waals surface area contributed by atoms with Crippen molar-refractivity contribution in [2.24, 2.45) is 0 Å². The number of nitro groups is 1. The van der Waals surface area contributed by atoms with Crippen LogP contribution >= 0.6 is 11.6 Å². The minimum Gasteiger partial charge on any atom is -0.382 e. The smallest absolute Gasteiger partial charge is 0.288 e. The number of hydrogen-bond acceptors (Lipinski definition) is 5. The molecule has 0 fully saturated rings. The molecule has 1 heterocycles. The van der Waals surface area contributed by atoms with E-state index in [1.165, 1.54) is 6.07 Å². The molecule has 0 saturated carbocycles. The Hall–Kier alpha value is -1.92. The van der Waals surface area contributed by atoms with Crippen molar-refractivity contribution < 1.29 is 4.92 Å². The quantitative estimate of drug-likeness (QED) is 0.515. The highest BCUT2D eigenvalue weighted by molar-refractivity contribution is 6.33. The SMILES string of the molecule is CCN(CC)CCCC(C)Nc1ccnc2cc(Cl)c([N+](=O)[O-])cc12. The molecule has 0 aliphatic carbocycles. The van der Waals surface area contributed by atoms with E-state index in [0.29, 0.717) is 10.9 Å². The maximum Gasteiger partial charge on any atom is 0.288 e. The number of pyridine rings is 1. The molecule has 1 aromatic heterocycles. The van der Waals surface area contributed by atoms with Gasteiger partial charge in [-0.05, 0) is 51.5 Å². The Morgan fingerprint density at radius 2 is 2.08 bits per heavy atom. The number of nitrogens with zero attached hydrogens (tertiary/aromatic N) is 3. The minimum absolute atomic E-state index is 0.0978. The van der Waals surface area contributed by atoms with Crippen LogP contribution in [-0.2, 0) is 0 Å². The normalized spacial score (nSPS) is 12.5. The first-order chi connectivity index (χ1) is 12.0. The number of hydrogen-bond donors (Lipinski definition) is 1. The van der Waals surface area contributed by atoms with E-state index in [2.05, 4.69) is 36.0 Å². The Labute approximate surface area is 153 Å². The monoisotopic (exact) mass is 364 g/mol. The third-order valence-electron chi connectivity index (χ3n) is 4.41. The maximum absolute atomic E-state index is 11.1. The summed E-state index contributed by atoms with van der Waals surface area (Å²) in [5.41, 5.74) is 1.40. The summed E-state index contributed by atoms with van der Waals surface area (Å²) in [6.07, 6.45) is 3.82. The van der Waals surface area contributed by atoms with Gasteiger partial charge >= 0.3 is 0 Å². The van der Waals surface area contributed by atoms with Crippen molar-refractivity contribution >= 4 is 33.9 Å². The van der Waals surface area contributed by atoms with E-state index in [1.54, 1.807) is 12.3 Å². The summed E-state index contributed by atoms with van der Waals surface area (Å²) in [4.78, 5) is 17.3. The summed E-state index contributed by atoms with van der Waals surface area (Å²) in [5.74, 6) is 0. The van der Waals surface area contributed by atoms with Crippen LogP contribution in [0.25, 0.3) is 10.9 Å². The van der Waals surface area contributed by atoms with Crippen LogP contribution in [0.1, 0.15) is 33.6 Å². The van der Waals surface area contributed by atoms with Gasteiger partial charge in [0.05, 0.1) is 10.4 Å². The molecule has 1 N–H and O–H groups in total. The Balaban J connectivity index is 2.12. The molecule has 0 radical (unpaired) electrons. The lowest BCUT2D eigenvalue weighted by molar-refractivity contribution is -0.384. The van der Waals surface area contributed by atoms with E-state index in [-0.39, 0.29) is 16.8 Å². The van der Waals surface area contributed by atoms with E-state index >= 15 is 0 Å². The summed E-state index contributed by atoms with van der Waals surface area (Å²) in [5, 5.41) is 15.4. The fraction of sp³-hybridized carbons (Fsp3) is 0.500. The lowest BCUT2D eigenvalue weighted by Gasteiger charge is -2.20. The summed E-state index contributed by atoms with van der Waals surface area (Å²) in [6.45, 7) is 9.68. The van der Waals surface area contributed by atoms with Gasteiger partial charge in [-0.1, -0.05) is 25.4 Å². The van der Waals surface area contributed by atoms with Gasteiger partial charge in [-0.2, -0.15) is 0 Å². The zero-order valence-corrected chi connectivity index (χ0v) is 15.7. The molecule has 1 atom stereocenters. The molecule has 1 unspecified atom stereocenters. The zero-order valence-electron chi connectivity index (χ0n) is 15.0. The Kier molecular flexibility index (Phi) is 6.96. The molecule has 25 heavy (non-hydrogen) atoms. The highest BCUT2D eigenvalue weighted by Crippen LogP contribution is 2.32. The molecule has 2 aromatic rings. The highest BCUT2D eigenvalue weighted by atomic mass is 35.5. The second kappa shape index (κ2) is 8.97. The minimum atomic E-state index is -0.466. The second-order valence-corrected chi connectivity index (χ2v) is 6.56. The van der Waals surface area contributed by atoms with E-state index < -0.39 is 4.92 Å². The average Bonchev–Trinajstić information content (AvgIpc) is 2.58. The number of benzene rings is 1. The Bertz CT molecular complexity index is 734. The highest BCUT2D eigenvalue weighted by Gasteiger charge is 2.16. The number of anilines is 1. The number of halogens is 1. The predicted molar refractivity (Wildman–Crippen MR) is 104 cm³/mol. The summed E-state index contributed by atoms with van der Waals surface area (Å²) in [7, 11) is 0. The van der Waals surface area contributed by atoms with Gasteiger partial charge in [-0.3, -0.25) is 15.1 Å². The Morgan fingerprint density at radius 3 is 2.72 bits per heavy atom. The van der Waals surface area contributed by atoms with Crippen LogP contribution in [0.2, 0.25) is 5.02 Å². The molecule has 136 valence electrons. The van der Waals surface area contributed by atoms with Gasteiger partial charge in [-0.25, -0.2) is 0 Å². The van der Waals surface area contributed by atoms with Crippen molar-refractivity contribution in [1.82, 2.24) is 9.88 Å². The number of aromatic nitrogens is 1. The van der Waals surface area contributed by atoms with E-state index in [0.717, 1.165) is 38.2 Å². The van der Waals surface area contributed by atoms with Gasteiger partial charge in [0, 0.05) is 29.4 Å². The summed E-state index contributed by atoms with van der Waals surface area (Å²) < 4.78 is 0. The number of fused-ring (bicyclic) bond motifs is 1. The second-order valence-electron chi connectivity index (χ2n) is 6.15. The molecule has 2 rings (SSSR count). The predicted octanol–water partition coefficient (Wildman–Crippen LogP) is 4.72. The fourth-order valence-electron chi connectivity index (χ4n) is 2.92. The molecule has 0 saturated heterocycles. The van der Waals surface area contributed by atoms with Crippen LogP contribution in [0.15, 0.2) is 24.4 Å². The van der Waals surface area contributed by atoms with Gasteiger partial charge in [0.25, 0.3) is 5.69 Å². The van der Waals surface area contributed by atoms with Gasteiger partial charge in [-0.15, -0.1) is 0 Å². The molecular weight excluding hydrogens is 340 g/mol. The van der Waals surface area contributed by atoms with Crippen molar-refractivity contribution in [3.8, 4) is 0 Å². The van der Waals surface area contributed by atoms with Crippen LogP contribution in [0, 0.1) is 10.1 Å². The molecule has 6 nitrogen and oxygen atoms in total. The van der Waals surface area contributed by atoms with Crippen molar-refractivity contribution in [2.45, 2.75) is 39.7 Å². The first-order valence-corrected chi connectivity index (χ1v) is 9.05. The molecule has 0 aliphatic heterocycles. The van der Waals surface area contributed by atoms with E-state index in [4.69, 9.17) is 11.6 Å². The zero-order chi connectivity index (χ0) is 18.4. The average molecular weight is 365 g/mol. The topological polar surface area (TPSA) is 71.3 Å². The van der Waals surface area contributed by atoms with Crippen LogP contribution in [0.3, 0.4) is 0 Å². The summed E-state index contributed by atoms with van der Waals surface area (Å²) >= 11 is 5.98. The van der Waals surface area contributed by atoms with E-state index in [9.17, 15) is 10.1 Å². The third-order valence-corrected chi connectivity index (χ3v) is 4.72. The van der Waals surface area contributed by atoms with Crippen LogP contribution in [-0.4, -0.2) is 40.5 Å². The first kappa shape index (κ1) is 19.4. The third kappa shape index (κ3) is 5.03. The van der Waals surface area contributed by atoms with Crippen LogP contribution < -0.4 is 5.32 Å². The van der Waals surface area contributed by atoms with E-state index in [1.807, 2.05) is 6.07 Å². The molecule has 0 amide bonds. The fourth-order valence-corrected chi connectivity index (χ4v) is 3.15. The molecule has 7 heteroatoms. The van der Waals surface area contributed by atoms with Crippen molar-refractivity contribution in [2.75, 3.05) is 25.0 Å². The maximum atomic E-state index is 11.1. The van der Waals surface area contributed by atoms with Crippen LogP contribution in [0.4, 0.5) is 11.4 Å². The van der Waals surface area contributed by atoms with Crippen LogP contribution in [0.5, 0.6) is 0 Å². The lowest BCUT2D eigenvalue weighted by atomic mass is 10.1. The molecular formula is C18H25ClN4O2. The van der Waals surface area contributed by atoms with Gasteiger partial charge in [0.2, 0.25) is 0 Å². The van der Waals surface area contributed by atoms with Crippen molar-refractivity contribution in [1.29, 1.82) is 0 Å². The Morgan fingerprint density at radius 1 is 1.36 bits per heavy atom. The number of rotatable bonds is 9. The summed E-state index contributed by atoms with van der Waals surface area (Å²) in [6, 6.07) is 5.15. The van der Waals surface area contributed by atoms with Crippen molar-refractivity contribution in [3.05, 3.63) is 39.5 Å². The molecule has 0 spiro atoms. The number of nitrogens with one attached hydrogen (secondary N) is 1. The van der Waals surface area contributed by atoms with Gasteiger partial charge < -0.3 is 10.2 Å². The standard InChI is InChI=1S/C18H25ClN4O2/c1-4-22(5-2)10-6-7-13(3)21-16-8-9-20-17-12-15(19)18(23(24)25)11-14(16)17/h8-9,11-13H,4-7,10H2,1-3H3,(H,20,21). The largest absolute Gasteiger partial charge is 0.382 e. The molecule has 1 aromatic carbocycles. The van der Waals surface area contributed by atoms with Gasteiger partial charge in [0.1, 0.15) is 5.02 Å². The molecule has 0 bridgehead atoms. The van der Waals surface area contributed by atoms with Gasteiger partial charge in [0.15, 0.2) is 0 Å². The first-order valence-electron chi connectivity index (χ1n) is 8.67. The molecule has 0 aliphatic rings. The van der Waals surface area contributed by atoms with Crippen molar-refractivity contribution in [3.63, 3.8) is 0 Å². The number of nitro benzene ring substituents is 1.